The zero-order valence-electron chi connectivity index (χ0n) is 27.6. The average Bonchev–Trinajstić information content (AvgIpc) is 3.77. The molecule has 0 radical (unpaired) electrons. The quantitative estimate of drug-likeness (QED) is 0.107. The molecule has 46 heavy (non-hydrogen) atoms. The van der Waals surface area contributed by atoms with Gasteiger partial charge in [-0.05, 0) is 60.4 Å². The fraction of sp³-hybridized carbons (Fsp3) is 0.268. The molecule has 0 fully saturated rings. The minimum atomic E-state index is -0.335. The van der Waals surface area contributed by atoms with Crippen LogP contribution >= 0.6 is 0 Å². The zero-order valence-corrected chi connectivity index (χ0v) is 30.4. The molecule has 2 aliphatic rings. The van der Waals surface area contributed by atoms with Gasteiger partial charge in [-0.2, -0.15) is 0 Å². The van der Waals surface area contributed by atoms with E-state index in [1.54, 1.807) is 27.1 Å². The van der Waals surface area contributed by atoms with Gasteiger partial charge in [-0.1, -0.05) is 108 Å². The van der Waals surface area contributed by atoms with Crippen molar-refractivity contribution in [3.8, 4) is 0 Å². The summed E-state index contributed by atoms with van der Waals surface area (Å²) < 4.78 is 3.25. The molecule has 3 aromatic carbocycles. The van der Waals surface area contributed by atoms with Crippen LogP contribution in [0, 0.1) is 13.8 Å². The molecule has 234 valence electrons. The number of aryl methyl sites for hydroxylation is 2. The molecule has 2 aliphatic heterocycles. The third kappa shape index (κ3) is 9.55. The van der Waals surface area contributed by atoms with Crippen molar-refractivity contribution in [1.29, 1.82) is 0 Å². The summed E-state index contributed by atoms with van der Waals surface area (Å²) in [6.07, 6.45) is 14.9. The maximum atomic E-state index is 13.1. The summed E-state index contributed by atoms with van der Waals surface area (Å²) in [7, 11) is 0. The Bertz CT molecular complexity index is 1560. The van der Waals surface area contributed by atoms with Gasteiger partial charge in [0.2, 0.25) is 0 Å². The Balaban J connectivity index is 0.000000468. The summed E-state index contributed by atoms with van der Waals surface area (Å²) >= 11 is 0.149. The van der Waals surface area contributed by atoms with E-state index in [-0.39, 0.29) is 38.6 Å². The third-order valence-electron chi connectivity index (χ3n) is 7.93. The number of hydrogen-bond acceptors (Lipinski definition) is 4. The summed E-state index contributed by atoms with van der Waals surface area (Å²) in [6.45, 7) is 12.4. The fourth-order valence-electron chi connectivity index (χ4n) is 5.08. The maximum absolute atomic E-state index is 13.1. The third-order valence-corrected chi connectivity index (χ3v) is 12.0. The van der Waals surface area contributed by atoms with Crippen molar-refractivity contribution in [2.24, 2.45) is 9.98 Å². The molecule has 3 aromatic rings. The van der Waals surface area contributed by atoms with Crippen LogP contribution in [0.25, 0.3) is 17.6 Å². The second-order valence-corrected chi connectivity index (χ2v) is 15.9. The molecular weight excluding hydrogens is 671 g/mol. The van der Waals surface area contributed by atoms with Gasteiger partial charge in [0, 0.05) is 0 Å². The molecule has 0 amide bonds. The summed E-state index contributed by atoms with van der Waals surface area (Å²) in [6, 6.07) is 22.9. The van der Waals surface area contributed by atoms with Crippen LogP contribution in [0.4, 0.5) is 0 Å². The molecule has 0 saturated carbocycles. The summed E-state index contributed by atoms with van der Waals surface area (Å²) in [5.74, 6) is -0.589. The van der Waals surface area contributed by atoms with Crippen LogP contribution < -0.4 is 10.2 Å². The van der Waals surface area contributed by atoms with Crippen molar-refractivity contribution >= 4 is 50.2 Å². The Hall–Kier alpha value is -3.90. The number of unbranched alkanes of at least 4 members (excludes halogenated alkanes) is 2. The van der Waals surface area contributed by atoms with E-state index in [0.717, 1.165) is 22.3 Å². The van der Waals surface area contributed by atoms with Crippen LogP contribution in [0.5, 0.6) is 0 Å². The molecular formula is C41H44N2O2Sn. The molecule has 0 bridgehead atoms. The number of aliphatic imine (C=N–C) groups is 2. The zero-order chi connectivity index (χ0) is 32.9. The molecule has 5 rings (SSSR count). The molecule has 4 nitrogen and oxygen atoms in total. The van der Waals surface area contributed by atoms with Gasteiger partial charge in [0.25, 0.3) is 0 Å². The standard InChI is InChI=1S/C33H28N2O2.2C4H9.Sn/c1-4-23-9-15-24(16-10-23)31(27-17-19-29(34-27)32(36)25-11-5-21(2)6-12-25)28-18-20-30(35-28)33(37)26-13-7-22(3)8-14-26;2*1-3-4-2;/h4-20,31,36-37H,1H2,2-3H3;2*1,3-4H2,2H3;/q;;;+2/p-2/b32-29-,33-30-;;;. The van der Waals surface area contributed by atoms with Gasteiger partial charge >= 0.3 is 69.5 Å². The first-order chi connectivity index (χ1) is 22.3. The van der Waals surface area contributed by atoms with Crippen molar-refractivity contribution in [3.05, 3.63) is 148 Å². The molecule has 0 atom stereocenters. The summed E-state index contributed by atoms with van der Waals surface area (Å²) in [5, 5.41) is 26.2. The monoisotopic (exact) mass is 716 g/mol. The number of rotatable bonds is 12. The number of benzene rings is 3. The predicted octanol–water partition coefficient (Wildman–Crippen LogP) is 8.64. The normalized spacial score (nSPS) is 15.6. The van der Waals surface area contributed by atoms with Crippen LogP contribution in [-0.4, -0.2) is 32.6 Å². The number of allylic oxidation sites excluding steroid dienone is 4. The van der Waals surface area contributed by atoms with E-state index in [1.807, 2.05) is 98.8 Å². The Labute approximate surface area is 285 Å². The average molecular weight is 716 g/mol. The molecule has 2 heterocycles. The molecule has 5 heteroatoms. The molecule has 0 saturated heterocycles. The first kappa shape index (κ1) is 35.0. The predicted molar refractivity (Wildman–Crippen MR) is 194 cm³/mol. The van der Waals surface area contributed by atoms with Crippen LogP contribution in [-0.2, 0) is 0 Å². The van der Waals surface area contributed by atoms with Crippen molar-refractivity contribution in [2.75, 3.05) is 0 Å². The number of nitrogens with zero attached hydrogens (tertiary/aromatic N) is 2. The van der Waals surface area contributed by atoms with E-state index in [4.69, 9.17) is 9.98 Å². The van der Waals surface area contributed by atoms with Gasteiger partial charge < -0.3 is 10.2 Å². The van der Waals surface area contributed by atoms with Gasteiger partial charge in [-0.3, -0.25) is 9.98 Å². The van der Waals surface area contributed by atoms with Gasteiger partial charge in [0.15, 0.2) is 0 Å². The van der Waals surface area contributed by atoms with Gasteiger partial charge in [-0.15, -0.1) is 0 Å². The summed E-state index contributed by atoms with van der Waals surface area (Å²) in [4.78, 5) is 9.46. The second kappa shape index (κ2) is 17.7. The Morgan fingerprint density at radius 2 is 1.11 bits per heavy atom. The van der Waals surface area contributed by atoms with E-state index >= 15 is 0 Å². The van der Waals surface area contributed by atoms with Crippen molar-refractivity contribution in [3.63, 3.8) is 0 Å². The Morgan fingerprint density at radius 3 is 1.50 bits per heavy atom. The van der Waals surface area contributed by atoms with Gasteiger partial charge in [-0.25, -0.2) is 0 Å². The van der Waals surface area contributed by atoms with Crippen molar-refractivity contribution in [2.45, 2.75) is 68.2 Å². The first-order valence-corrected chi connectivity index (χ1v) is 20.3. The Morgan fingerprint density at radius 1 is 0.674 bits per heavy atom. The van der Waals surface area contributed by atoms with E-state index in [9.17, 15) is 10.2 Å². The number of hydrogen-bond donors (Lipinski definition) is 0. The summed E-state index contributed by atoms with van der Waals surface area (Å²) in [5.41, 5.74) is 7.51. The first-order valence-electron chi connectivity index (χ1n) is 16.3. The second-order valence-electron chi connectivity index (χ2n) is 11.7. The Kier molecular flexibility index (Phi) is 13.5. The van der Waals surface area contributed by atoms with E-state index in [2.05, 4.69) is 20.4 Å². The van der Waals surface area contributed by atoms with E-state index < -0.39 is 0 Å². The van der Waals surface area contributed by atoms with Crippen molar-refractivity contribution < 1.29 is 10.2 Å². The van der Waals surface area contributed by atoms with Gasteiger partial charge in [0.1, 0.15) is 0 Å². The van der Waals surface area contributed by atoms with Crippen LogP contribution in [0.3, 0.4) is 0 Å². The molecule has 0 unspecified atom stereocenters. The van der Waals surface area contributed by atoms with Crippen LogP contribution in [0.15, 0.2) is 125 Å². The molecule has 0 spiro atoms. The van der Waals surface area contributed by atoms with Gasteiger partial charge in [0.05, 0.1) is 28.7 Å². The molecule has 0 aromatic heterocycles. The topological polar surface area (TPSA) is 70.8 Å². The van der Waals surface area contributed by atoms with Crippen LogP contribution in [0.2, 0.25) is 8.87 Å². The fourth-order valence-corrected chi connectivity index (χ4v) is 9.24. The minimum absolute atomic E-state index is 0.127. The van der Waals surface area contributed by atoms with E-state index in [0.29, 0.717) is 33.9 Å². The van der Waals surface area contributed by atoms with Crippen molar-refractivity contribution in [1.82, 2.24) is 0 Å². The van der Waals surface area contributed by atoms with E-state index in [1.165, 1.54) is 25.7 Å². The molecule has 0 N–H and O–H groups in total. The SMILES string of the molecule is C=Cc1ccc(C(C2=N/C(=C(\[O-])c3ccc(C)cc3)C=C2)C2=N/C(=C(\[O-])c3ccc(C)cc3)C=C2)cc1.CCC[CH2][Sn+2][CH2]CCC. The van der Waals surface area contributed by atoms with Crippen LogP contribution in [0.1, 0.15) is 78.8 Å². The molecule has 0 aliphatic carbocycles.